The van der Waals surface area contributed by atoms with Crippen molar-refractivity contribution in [2.24, 2.45) is 4.99 Å². The van der Waals surface area contributed by atoms with Crippen LogP contribution in [0.5, 0.6) is 17.2 Å². The molecule has 11 heteroatoms. The molecule has 1 aromatic heterocycles. The van der Waals surface area contributed by atoms with Gasteiger partial charge in [-0.2, -0.15) is 0 Å². The summed E-state index contributed by atoms with van der Waals surface area (Å²) in [6, 6.07) is 8.41. The first kappa shape index (κ1) is 28.1. The predicted molar refractivity (Wildman–Crippen MR) is 153 cm³/mol. The molecule has 2 aromatic carbocycles. The summed E-state index contributed by atoms with van der Waals surface area (Å²) in [4.78, 5) is 32.1. The molecular formula is C27H26Br2N2O6S. The predicted octanol–water partition coefficient (Wildman–Crippen LogP) is 4.74. The summed E-state index contributed by atoms with van der Waals surface area (Å²) in [6.07, 6.45) is 1.78. The summed E-state index contributed by atoms with van der Waals surface area (Å²) in [5.41, 5.74) is 2.00. The Bertz CT molecular complexity index is 1610. The van der Waals surface area contributed by atoms with E-state index in [2.05, 4.69) is 36.9 Å². The van der Waals surface area contributed by atoms with E-state index in [1.54, 1.807) is 44.8 Å². The van der Waals surface area contributed by atoms with Crippen molar-refractivity contribution in [3.63, 3.8) is 0 Å². The average Bonchev–Trinajstić information content (AvgIpc) is 3.17. The SMILES string of the molecule is CCOC(=O)C1=C(C)N=c2s/c(=C/c3cc(Br)c(OC)c(OCC)c3)c(=O)n2[C@H]1c1ccc(OC)c(Br)c1. The molecule has 0 saturated heterocycles. The van der Waals surface area contributed by atoms with Crippen molar-refractivity contribution in [2.75, 3.05) is 27.4 Å². The second kappa shape index (κ2) is 11.9. The molecule has 0 saturated carbocycles. The molecule has 3 aromatic rings. The molecule has 0 spiro atoms. The molecule has 0 N–H and O–H groups in total. The quantitative estimate of drug-likeness (QED) is 0.323. The number of halogens is 2. The maximum absolute atomic E-state index is 13.9. The van der Waals surface area contributed by atoms with Gasteiger partial charge in [-0.05, 0) is 94.1 Å². The number of benzene rings is 2. The Labute approximate surface area is 240 Å². The fourth-order valence-corrected chi connectivity index (χ4v) is 6.47. The van der Waals surface area contributed by atoms with Crippen LogP contribution >= 0.6 is 43.2 Å². The lowest BCUT2D eigenvalue weighted by atomic mass is 9.96. The van der Waals surface area contributed by atoms with Crippen LogP contribution < -0.4 is 29.1 Å². The number of rotatable bonds is 8. The van der Waals surface area contributed by atoms with Crippen LogP contribution in [0.3, 0.4) is 0 Å². The summed E-state index contributed by atoms with van der Waals surface area (Å²) >= 11 is 8.30. The fourth-order valence-electron chi connectivity index (χ4n) is 4.24. The number of allylic oxidation sites excluding steroid dienone is 1. The summed E-state index contributed by atoms with van der Waals surface area (Å²) in [6.45, 7) is 6.05. The van der Waals surface area contributed by atoms with Crippen molar-refractivity contribution in [1.29, 1.82) is 0 Å². The smallest absolute Gasteiger partial charge is 0.338 e. The van der Waals surface area contributed by atoms with Crippen LogP contribution in [0.4, 0.5) is 0 Å². The van der Waals surface area contributed by atoms with Crippen LogP contribution in [0, 0.1) is 0 Å². The normalized spacial score (nSPS) is 15.1. The zero-order valence-corrected chi connectivity index (χ0v) is 25.5. The minimum atomic E-state index is -0.726. The van der Waals surface area contributed by atoms with E-state index < -0.39 is 12.0 Å². The largest absolute Gasteiger partial charge is 0.496 e. The number of thiazole rings is 1. The summed E-state index contributed by atoms with van der Waals surface area (Å²) in [5, 5.41) is 0. The lowest BCUT2D eigenvalue weighted by molar-refractivity contribution is -0.139. The van der Waals surface area contributed by atoms with Gasteiger partial charge in [0.2, 0.25) is 0 Å². The minimum absolute atomic E-state index is 0.202. The van der Waals surface area contributed by atoms with Crippen LogP contribution in [-0.4, -0.2) is 38.0 Å². The van der Waals surface area contributed by atoms with Crippen LogP contribution in [-0.2, 0) is 9.53 Å². The molecule has 0 amide bonds. The van der Waals surface area contributed by atoms with E-state index in [4.69, 9.17) is 18.9 Å². The first-order valence-corrected chi connectivity index (χ1v) is 14.2. The molecule has 38 heavy (non-hydrogen) atoms. The minimum Gasteiger partial charge on any atom is -0.496 e. The molecule has 0 radical (unpaired) electrons. The van der Waals surface area contributed by atoms with Gasteiger partial charge in [0.1, 0.15) is 5.75 Å². The first-order valence-electron chi connectivity index (χ1n) is 11.8. The molecule has 1 atom stereocenters. The Morgan fingerprint density at radius 2 is 1.84 bits per heavy atom. The zero-order valence-electron chi connectivity index (χ0n) is 21.5. The van der Waals surface area contributed by atoms with Crippen molar-refractivity contribution in [3.8, 4) is 17.2 Å². The Hall–Kier alpha value is -2.89. The number of hydrogen-bond donors (Lipinski definition) is 0. The third-order valence-electron chi connectivity index (χ3n) is 5.84. The van der Waals surface area contributed by atoms with Crippen molar-refractivity contribution in [2.45, 2.75) is 26.8 Å². The Morgan fingerprint density at radius 3 is 2.47 bits per heavy atom. The fraction of sp³-hybridized carbons (Fsp3) is 0.296. The number of hydrogen-bond acceptors (Lipinski definition) is 8. The third-order valence-corrected chi connectivity index (χ3v) is 8.03. The van der Waals surface area contributed by atoms with E-state index in [-0.39, 0.29) is 12.2 Å². The number of esters is 1. The summed E-state index contributed by atoms with van der Waals surface area (Å²) in [5.74, 6) is 1.25. The number of ether oxygens (including phenoxy) is 4. The molecule has 4 rings (SSSR count). The van der Waals surface area contributed by atoms with Gasteiger partial charge in [-0.15, -0.1) is 0 Å². The molecule has 2 heterocycles. The monoisotopic (exact) mass is 664 g/mol. The van der Waals surface area contributed by atoms with Crippen molar-refractivity contribution in [3.05, 3.63) is 81.4 Å². The summed E-state index contributed by atoms with van der Waals surface area (Å²) < 4.78 is 25.3. The highest BCUT2D eigenvalue weighted by Gasteiger charge is 2.33. The van der Waals surface area contributed by atoms with Crippen molar-refractivity contribution in [1.82, 2.24) is 4.57 Å². The van der Waals surface area contributed by atoms with Gasteiger partial charge in [-0.25, -0.2) is 9.79 Å². The van der Waals surface area contributed by atoms with E-state index in [1.165, 1.54) is 11.3 Å². The maximum Gasteiger partial charge on any atom is 0.338 e. The first-order chi connectivity index (χ1) is 18.2. The highest BCUT2D eigenvalue weighted by molar-refractivity contribution is 9.11. The van der Waals surface area contributed by atoms with Crippen molar-refractivity contribution >= 4 is 55.2 Å². The van der Waals surface area contributed by atoms with E-state index in [1.807, 2.05) is 31.2 Å². The topological polar surface area (TPSA) is 88.4 Å². The molecule has 200 valence electrons. The van der Waals surface area contributed by atoms with E-state index in [0.29, 0.717) is 59.0 Å². The number of carbonyl (C=O) groups excluding carboxylic acids is 1. The van der Waals surface area contributed by atoms with Gasteiger partial charge in [-0.1, -0.05) is 17.4 Å². The number of nitrogens with zero attached hydrogens (tertiary/aromatic N) is 2. The lowest BCUT2D eigenvalue weighted by Gasteiger charge is -2.25. The number of carbonyl (C=O) groups is 1. The van der Waals surface area contributed by atoms with Gasteiger partial charge in [-0.3, -0.25) is 9.36 Å². The second-order valence-electron chi connectivity index (χ2n) is 8.16. The highest BCUT2D eigenvalue weighted by atomic mass is 79.9. The second-order valence-corrected chi connectivity index (χ2v) is 10.9. The molecular weight excluding hydrogens is 640 g/mol. The molecule has 0 fully saturated rings. The van der Waals surface area contributed by atoms with Crippen LogP contribution in [0.1, 0.15) is 37.9 Å². The molecule has 0 aliphatic carbocycles. The number of fused-ring (bicyclic) bond motifs is 1. The van der Waals surface area contributed by atoms with Crippen LogP contribution in [0.15, 0.2) is 60.3 Å². The number of aromatic nitrogens is 1. The zero-order chi connectivity index (χ0) is 27.6. The maximum atomic E-state index is 13.9. The Balaban J connectivity index is 1.95. The Kier molecular flexibility index (Phi) is 8.79. The summed E-state index contributed by atoms with van der Waals surface area (Å²) in [7, 11) is 3.15. The highest BCUT2D eigenvalue weighted by Crippen LogP contribution is 2.37. The molecule has 0 unspecified atom stereocenters. The lowest BCUT2D eigenvalue weighted by Crippen LogP contribution is -2.40. The van der Waals surface area contributed by atoms with Crippen LogP contribution in [0.2, 0.25) is 0 Å². The van der Waals surface area contributed by atoms with Gasteiger partial charge in [0.15, 0.2) is 16.3 Å². The van der Waals surface area contributed by atoms with Gasteiger partial charge >= 0.3 is 5.97 Å². The Morgan fingerprint density at radius 1 is 1.08 bits per heavy atom. The standard InChI is InChI=1S/C27H26Br2N2O6S/c1-6-36-20-11-15(10-18(29)24(20)35-5)12-21-25(32)31-23(16-8-9-19(34-4)17(28)13-16)22(26(33)37-7-2)14(3)30-27(31)38-21/h8-13,23H,6-7H2,1-5H3/b21-12+/t23-/m0/s1. The average molecular weight is 666 g/mol. The van der Waals surface area contributed by atoms with Gasteiger partial charge in [0.05, 0.1) is 58.2 Å². The number of methoxy groups -OCH3 is 2. The molecule has 1 aliphatic heterocycles. The third kappa shape index (κ3) is 5.32. The van der Waals surface area contributed by atoms with Gasteiger partial charge in [0.25, 0.3) is 5.56 Å². The van der Waals surface area contributed by atoms with Crippen LogP contribution in [0.25, 0.3) is 6.08 Å². The van der Waals surface area contributed by atoms with Gasteiger partial charge in [0, 0.05) is 0 Å². The van der Waals surface area contributed by atoms with Crippen molar-refractivity contribution < 1.29 is 23.7 Å². The molecule has 0 bridgehead atoms. The molecule has 8 nitrogen and oxygen atoms in total. The van der Waals surface area contributed by atoms with E-state index in [0.717, 1.165) is 5.56 Å². The van der Waals surface area contributed by atoms with Gasteiger partial charge < -0.3 is 18.9 Å². The van der Waals surface area contributed by atoms with E-state index in [9.17, 15) is 9.59 Å². The van der Waals surface area contributed by atoms with E-state index >= 15 is 0 Å². The molecule has 1 aliphatic rings.